The van der Waals surface area contributed by atoms with Gasteiger partial charge in [0.1, 0.15) is 12.2 Å². The zero-order valence-corrected chi connectivity index (χ0v) is 11.3. The molecule has 0 saturated heterocycles. The minimum atomic E-state index is -1.09. The first-order valence-corrected chi connectivity index (χ1v) is 6.41. The van der Waals surface area contributed by atoms with Crippen LogP contribution in [0.1, 0.15) is 26.5 Å². The second-order valence-corrected chi connectivity index (χ2v) is 4.70. The van der Waals surface area contributed by atoms with Gasteiger partial charge in [-0.1, -0.05) is 6.07 Å². The summed E-state index contributed by atoms with van der Waals surface area (Å²) in [6, 6.07) is 6.36. The molecule has 1 aromatic heterocycles. The number of carbonyl (C=O) groups excluding carboxylic acids is 1. The molecule has 0 unspecified atom stereocenters. The van der Waals surface area contributed by atoms with Gasteiger partial charge in [-0.2, -0.15) is 5.10 Å². The van der Waals surface area contributed by atoms with E-state index in [0.717, 1.165) is 5.69 Å². The van der Waals surface area contributed by atoms with Crippen LogP contribution in [-0.2, 0) is 0 Å². The van der Waals surface area contributed by atoms with Crippen molar-refractivity contribution < 1.29 is 19.4 Å². The lowest BCUT2D eigenvalue weighted by molar-refractivity contribution is 0.0690. The minimum Gasteiger partial charge on any atom is -0.489 e. The van der Waals surface area contributed by atoms with Gasteiger partial charge in [-0.25, -0.2) is 4.79 Å². The number of nitrogens with one attached hydrogen (secondary N) is 1. The van der Waals surface area contributed by atoms with E-state index in [1.54, 1.807) is 25.1 Å². The van der Waals surface area contributed by atoms with E-state index in [-0.39, 0.29) is 23.8 Å². The van der Waals surface area contributed by atoms with Gasteiger partial charge in [-0.15, -0.1) is 0 Å². The molecule has 0 radical (unpaired) electrons. The maximum Gasteiger partial charge on any atom is 0.339 e. The van der Waals surface area contributed by atoms with Crippen molar-refractivity contribution in [3.05, 3.63) is 41.2 Å². The number of aromatic carboxylic acids is 1. The average Bonchev–Trinajstić information content (AvgIpc) is 2.91. The van der Waals surface area contributed by atoms with Crippen LogP contribution in [0.5, 0.6) is 5.75 Å². The quantitative estimate of drug-likeness (QED) is 0.871. The highest BCUT2D eigenvalue weighted by Crippen LogP contribution is 2.35. The fraction of sp³-hybridized carbons (Fsp3) is 0.214. The second kappa shape index (κ2) is 4.93. The Labute approximate surface area is 120 Å². The minimum absolute atomic E-state index is 0.0446. The van der Waals surface area contributed by atoms with Crippen LogP contribution in [0.2, 0.25) is 0 Å². The van der Waals surface area contributed by atoms with E-state index in [4.69, 9.17) is 4.74 Å². The lowest BCUT2D eigenvalue weighted by Crippen LogP contribution is -2.38. The van der Waals surface area contributed by atoms with Gasteiger partial charge in [0, 0.05) is 5.69 Å². The average molecular weight is 287 g/mol. The van der Waals surface area contributed by atoms with Crippen LogP contribution in [0.3, 0.4) is 0 Å². The van der Waals surface area contributed by atoms with Crippen LogP contribution < -0.4 is 9.64 Å². The maximum atomic E-state index is 12.5. The topological polar surface area (TPSA) is 95.5 Å². The summed E-state index contributed by atoms with van der Waals surface area (Å²) < 4.78 is 5.43. The molecule has 0 bridgehead atoms. The highest BCUT2D eigenvalue weighted by molar-refractivity contribution is 6.07. The summed E-state index contributed by atoms with van der Waals surface area (Å²) >= 11 is 0. The van der Waals surface area contributed by atoms with E-state index in [0.29, 0.717) is 17.9 Å². The van der Waals surface area contributed by atoms with Gasteiger partial charge in [0.15, 0.2) is 11.4 Å². The number of aryl methyl sites for hydroxylation is 1. The number of anilines is 1. The molecule has 0 aliphatic carbocycles. The van der Waals surface area contributed by atoms with Gasteiger partial charge in [0.25, 0.3) is 5.91 Å². The Hall–Kier alpha value is -2.83. The number of carboxylic acid groups (broad SMARTS) is 1. The Morgan fingerprint density at radius 2 is 2.24 bits per heavy atom. The van der Waals surface area contributed by atoms with Gasteiger partial charge in [-0.3, -0.25) is 9.89 Å². The molecule has 21 heavy (non-hydrogen) atoms. The summed E-state index contributed by atoms with van der Waals surface area (Å²) in [6.07, 6.45) is 0. The molecule has 3 rings (SSSR count). The zero-order chi connectivity index (χ0) is 15.0. The Kier molecular flexibility index (Phi) is 3.09. The molecule has 1 amide bonds. The van der Waals surface area contributed by atoms with E-state index in [1.165, 1.54) is 11.0 Å². The van der Waals surface area contributed by atoms with Crippen molar-refractivity contribution in [2.45, 2.75) is 6.92 Å². The van der Waals surface area contributed by atoms with Crippen LogP contribution in [0.25, 0.3) is 0 Å². The number of rotatable bonds is 2. The number of hydrogen-bond acceptors (Lipinski definition) is 4. The third kappa shape index (κ3) is 2.22. The molecule has 0 fully saturated rings. The first-order chi connectivity index (χ1) is 10.1. The monoisotopic (exact) mass is 287 g/mol. The molecule has 1 aliphatic heterocycles. The number of carbonyl (C=O) groups is 2. The van der Waals surface area contributed by atoms with Crippen molar-refractivity contribution in [3.63, 3.8) is 0 Å². The Morgan fingerprint density at radius 3 is 2.90 bits per heavy atom. The second-order valence-electron chi connectivity index (χ2n) is 4.70. The van der Waals surface area contributed by atoms with Crippen molar-refractivity contribution in [2.24, 2.45) is 0 Å². The largest absolute Gasteiger partial charge is 0.489 e. The van der Waals surface area contributed by atoms with E-state index in [2.05, 4.69) is 10.2 Å². The SMILES string of the molecule is Cc1cc(C(=O)N2CCOc3c(C(=O)O)cccc32)n[nH]1. The van der Waals surface area contributed by atoms with Crippen LogP contribution >= 0.6 is 0 Å². The smallest absolute Gasteiger partial charge is 0.339 e. The molecule has 7 heteroatoms. The summed E-state index contributed by atoms with van der Waals surface area (Å²) in [7, 11) is 0. The molecule has 7 nitrogen and oxygen atoms in total. The van der Waals surface area contributed by atoms with Gasteiger partial charge in [0.05, 0.1) is 12.2 Å². The highest BCUT2D eigenvalue weighted by atomic mass is 16.5. The summed E-state index contributed by atoms with van der Waals surface area (Å²) in [5, 5.41) is 15.9. The lowest BCUT2D eigenvalue weighted by atomic mass is 10.1. The highest BCUT2D eigenvalue weighted by Gasteiger charge is 2.29. The van der Waals surface area contributed by atoms with Crippen molar-refractivity contribution >= 4 is 17.6 Å². The van der Waals surface area contributed by atoms with Crippen molar-refractivity contribution in [1.29, 1.82) is 0 Å². The maximum absolute atomic E-state index is 12.5. The fourth-order valence-corrected chi connectivity index (χ4v) is 2.29. The molecular formula is C14H13N3O4. The van der Waals surface area contributed by atoms with Gasteiger partial charge in [0.2, 0.25) is 0 Å². The van der Waals surface area contributed by atoms with E-state index in [9.17, 15) is 14.7 Å². The first kappa shape index (κ1) is 13.2. The first-order valence-electron chi connectivity index (χ1n) is 6.41. The standard InChI is InChI=1S/C14H13N3O4/c1-8-7-10(16-15-8)13(18)17-5-6-21-12-9(14(19)20)3-2-4-11(12)17/h2-4,7H,5-6H2,1H3,(H,15,16)(H,19,20). The number of para-hydroxylation sites is 1. The van der Waals surface area contributed by atoms with Crippen LogP contribution in [0.4, 0.5) is 5.69 Å². The number of H-pyrrole nitrogens is 1. The summed E-state index contributed by atoms with van der Waals surface area (Å²) in [6.45, 7) is 2.40. The predicted molar refractivity (Wildman–Crippen MR) is 73.9 cm³/mol. The third-order valence-corrected chi connectivity index (χ3v) is 3.25. The van der Waals surface area contributed by atoms with Crippen molar-refractivity contribution in [2.75, 3.05) is 18.1 Å². The Bertz CT molecular complexity index is 723. The van der Waals surface area contributed by atoms with Crippen LogP contribution in [-0.4, -0.2) is 40.3 Å². The van der Waals surface area contributed by atoms with Crippen LogP contribution in [0, 0.1) is 6.92 Å². The zero-order valence-electron chi connectivity index (χ0n) is 11.3. The van der Waals surface area contributed by atoms with Gasteiger partial charge < -0.3 is 14.7 Å². The number of aromatic nitrogens is 2. The predicted octanol–water partition coefficient (Wildman–Crippen LogP) is 1.46. The lowest BCUT2D eigenvalue weighted by Gasteiger charge is -2.29. The van der Waals surface area contributed by atoms with E-state index in [1.807, 2.05) is 0 Å². The molecule has 2 N–H and O–H groups in total. The number of benzene rings is 1. The molecular weight excluding hydrogens is 274 g/mol. The normalized spacial score (nSPS) is 13.5. The fourth-order valence-electron chi connectivity index (χ4n) is 2.29. The number of nitrogens with zero attached hydrogens (tertiary/aromatic N) is 2. The Morgan fingerprint density at radius 1 is 1.43 bits per heavy atom. The molecule has 0 spiro atoms. The molecule has 1 aromatic carbocycles. The van der Waals surface area contributed by atoms with E-state index >= 15 is 0 Å². The molecule has 1 aliphatic rings. The van der Waals surface area contributed by atoms with Gasteiger partial charge >= 0.3 is 5.97 Å². The molecule has 0 atom stereocenters. The summed E-state index contributed by atoms with van der Waals surface area (Å²) in [5.41, 5.74) is 1.57. The number of aromatic amines is 1. The number of ether oxygens (including phenoxy) is 1. The number of amides is 1. The summed E-state index contributed by atoms with van der Waals surface area (Å²) in [4.78, 5) is 25.2. The van der Waals surface area contributed by atoms with E-state index < -0.39 is 5.97 Å². The molecule has 2 aromatic rings. The van der Waals surface area contributed by atoms with Gasteiger partial charge in [-0.05, 0) is 25.1 Å². The number of carboxylic acids is 1. The molecule has 108 valence electrons. The number of hydrogen-bond donors (Lipinski definition) is 2. The van der Waals surface area contributed by atoms with Crippen molar-refractivity contribution in [1.82, 2.24) is 10.2 Å². The summed E-state index contributed by atoms with van der Waals surface area (Å²) in [5.74, 6) is -1.15. The third-order valence-electron chi connectivity index (χ3n) is 3.25. The van der Waals surface area contributed by atoms with Crippen molar-refractivity contribution in [3.8, 4) is 5.75 Å². The number of fused-ring (bicyclic) bond motifs is 1. The van der Waals surface area contributed by atoms with Crippen LogP contribution in [0.15, 0.2) is 24.3 Å². The molecule has 2 heterocycles. The molecule has 0 saturated carbocycles. The Balaban J connectivity index is 2.03.